The summed E-state index contributed by atoms with van der Waals surface area (Å²) in [5.74, 6) is 0.601. The van der Waals surface area contributed by atoms with Gasteiger partial charge >= 0.3 is 11.3 Å². The zero-order valence-corrected chi connectivity index (χ0v) is 19.3. The third kappa shape index (κ3) is 4.36. The molecule has 0 spiro atoms. The average Bonchev–Trinajstić information content (AvgIpc) is 2.76. The highest BCUT2D eigenvalue weighted by atomic mass is 32.2. The van der Waals surface area contributed by atoms with Crippen LogP contribution in [0.3, 0.4) is 0 Å². The Balaban J connectivity index is 1.72. The van der Waals surface area contributed by atoms with E-state index in [1.807, 2.05) is 0 Å². The van der Waals surface area contributed by atoms with Crippen molar-refractivity contribution in [3.63, 3.8) is 0 Å². The molecule has 1 aromatic heterocycles. The van der Waals surface area contributed by atoms with Gasteiger partial charge in [-0.3, -0.25) is 10.1 Å². The molecule has 1 fully saturated rings. The van der Waals surface area contributed by atoms with E-state index >= 15 is 0 Å². The molecule has 1 aliphatic heterocycles. The monoisotopic (exact) mass is 472 g/mol. The molecule has 0 amide bonds. The Hall–Kier alpha value is -3.24. The maximum Gasteiger partial charge on any atom is 0.336 e. The normalized spacial score (nSPS) is 15.6. The molecule has 4 rings (SSSR count). The van der Waals surface area contributed by atoms with Crippen LogP contribution in [0.25, 0.3) is 11.0 Å². The van der Waals surface area contributed by atoms with E-state index < -0.39 is 26.3 Å². The van der Waals surface area contributed by atoms with Crippen LogP contribution in [0, 0.1) is 29.9 Å². The molecule has 1 saturated heterocycles. The predicted molar refractivity (Wildman–Crippen MR) is 122 cm³/mol. The van der Waals surface area contributed by atoms with Crippen molar-refractivity contribution in [1.82, 2.24) is 4.31 Å². The predicted octanol–water partition coefficient (Wildman–Crippen LogP) is 4.53. The number of rotatable bonds is 5. The Kier molecular flexibility index (Phi) is 5.98. The van der Waals surface area contributed by atoms with E-state index in [0.29, 0.717) is 30.2 Å². The Morgan fingerprint density at radius 3 is 2.42 bits per heavy atom. The van der Waals surface area contributed by atoms with Crippen molar-refractivity contribution < 1.29 is 22.5 Å². The number of hydrogen-bond donors (Lipinski definition) is 0. The molecule has 3 aromatic rings. The molecular weight excluding hydrogens is 448 g/mol. The van der Waals surface area contributed by atoms with Gasteiger partial charge in [-0.2, -0.15) is 4.31 Å². The zero-order chi connectivity index (χ0) is 23.9. The minimum absolute atomic E-state index is 0.108. The topological polar surface area (TPSA) is 120 Å². The molecular formula is C23H24N2O7S. The summed E-state index contributed by atoms with van der Waals surface area (Å²) >= 11 is 0. The van der Waals surface area contributed by atoms with Gasteiger partial charge in [0.15, 0.2) is 0 Å². The van der Waals surface area contributed by atoms with Gasteiger partial charge in [-0.25, -0.2) is 13.2 Å². The number of hydrogen-bond acceptors (Lipinski definition) is 7. The second kappa shape index (κ2) is 8.60. The quantitative estimate of drug-likeness (QED) is 0.304. The van der Waals surface area contributed by atoms with Gasteiger partial charge in [0.2, 0.25) is 15.8 Å². The first-order valence-electron chi connectivity index (χ1n) is 10.6. The number of nitro groups is 1. The second-order valence-electron chi connectivity index (χ2n) is 8.39. The maximum absolute atomic E-state index is 13.0. The lowest BCUT2D eigenvalue weighted by Crippen LogP contribution is -2.37. The van der Waals surface area contributed by atoms with Crippen LogP contribution < -0.4 is 10.4 Å². The number of nitro benzene ring substituents is 1. The molecule has 0 bridgehead atoms. The Morgan fingerprint density at radius 2 is 1.76 bits per heavy atom. The number of fused-ring (bicyclic) bond motifs is 1. The van der Waals surface area contributed by atoms with Gasteiger partial charge in [0, 0.05) is 36.2 Å². The van der Waals surface area contributed by atoms with Crippen LogP contribution in [0.1, 0.15) is 30.9 Å². The first-order valence-corrected chi connectivity index (χ1v) is 12.0. The first-order chi connectivity index (χ1) is 15.6. The molecule has 2 aromatic carbocycles. The summed E-state index contributed by atoms with van der Waals surface area (Å²) in [5.41, 5.74) is 0.600. The van der Waals surface area contributed by atoms with E-state index in [9.17, 15) is 23.3 Å². The number of benzene rings is 2. The molecule has 0 N–H and O–H groups in total. The largest absolute Gasteiger partial charge is 0.450 e. The molecule has 1 aliphatic rings. The highest BCUT2D eigenvalue weighted by Gasteiger charge is 2.30. The third-order valence-corrected chi connectivity index (χ3v) is 7.94. The molecule has 0 aliphatic carbocycles. The highest BCUT2D eigenvalue weighted by Crippen LogP contribution is 2.37. The van der Waals surface area contributed by atoms with Crippen LogP contribution in [0.5, 0.6) is 11.5 Å². The summed E-state index contributed by atoms with van der Waals surface area (Å²) in [7, 11) is -3.85. The standard InChI is InChI=1S/C23H24N2O7S/c1-14-8-10-24(11-9-14)33(29,30)17-4-6-21(19(13-17)25(27)28)31-20-7-5-18-15(2)12-22(26)32-23(18)16(20)3/h4-7,12-14H,8-11H2,1-3H3. The fraction of sp³-hybridized carbons (Fsp3) is 0.348. The van der Waals surface area contributed by atoms with Crippen molar-refractivity contribution in [2.45, 2.75) is 38.5 Å². The maximum atomic E-state index is 13.0. The lowest BCUT2D eigenvalue weighted by atomic mass is 10.0. The highest BCUT2D eigenvalue weighted by molar-refractivity contribution is 7.89. The van der Waals surface area contributed by atoms with Gasteiger partial charge < -0.3 is 9.15 Å². The van der Waals surface area contributed by atoms with Crippen molar-refractivity contribution in [3.8, 4) is 11.5 Å². The van der Waals surface area contributed by atoms with Crippen LogP contribution in [0.15, 0.2) is 50.5 Å². The molecule has 10 heteroatoms. The SMILES string of the molecule is Cc1cc(=O)oc2c(C)c(Oc3ccc(S(=O)(=O)N4CCC(C)CC4)cc3[N+](=O)[O-])ccc12. The Morgan fingerprint density at radius 1 is 1.09 bits per heavy atom. The summed E-state index contributed by atoms with van der Waals surface area (Å²) < 4.78 is 38.5. The molecule has 0 radical (unpaired) electrons. The fourth-order valence-corrected chi connectivity index (χ4v) is 5.48. The van der Waals surface area contributed by atoms with E-state index in [1.54, 1.807) is 26.0 Å². The average molecular weight is 473 g/mol. The molecule has 0 unspecified atom stereocenters. The van der Waals surface area contributed by atoms with E-state index in [0.717, 1.165) is 29.9 Å². The summed E-state index contributed by atoms with van der Waals surface area (Å²) in [6.07, 6.45) is 1.50. The number of sulfonamides is 1. The van der Waals surface area contributed by atoms with Crippen LogP contribution in [0.2, 0.25) is 0 Å². The third-order valence-electron chi connectivity index (χ3n) is 6.05. The lowest BCUT2D eigenvalue weighted by Gasteiger charge is -2.29. The van der Waals surface area contributed by atoms with Gasteiger partial charge in [0.05, 0.1) is 9.82 Å². The lowest BCUT2D eigenvalue weighted by molar-refractivity contribution is -0.385. The Labute approximate surface area is 190 Å². The summed E-state index contributed by atoms with van der Waals surface area (Å²) in [5, 5.41) is 12.5. The van der Waals surface area contributed by atoms with Crippen LogP contribution >= 0.6 is 0 Å². The van der Waals surface area contributed by atoms with E-state index in [4.69, 9.17) is 9.15 Å². The minimum Gasteiger partial charge on any atom is -0.450 e. The molecule has 9 nitrogen and oxygen atoms in total. The van der Waals surface area contributed by atoms with Gasteiger partial charge in [0.1, 0.15) is 11.3 Å². The summed E-state index contributed by atoms with van der Waals surface area (Å²) in [6, 6.07) is 8.36. The van der Waals surface area contributed by atoms with Crippen molar-refractivity contribution in [1.29, 1.82) is 0 Å². The molecule has 0 saturated carbocycles. The molecule has 2 heterocycles. The second-order valence-corrected chi connectivity index (χ2v) is 10.3. The number of piperidine rings is 1. The molecule has 174 valence electrons. The van der Waals surface area contributed by atoms with E-state index in [-0.39, 0.29) is 16.4 Å². The van der Waals surface area contributed by atoms with Crippen LogP contribution in [0.4, 0.5) is 5.69 Å². The minimum atomic E-state index is -3.85. The van der Waals surface area contributed by atoms with Gasteiger partial charge in [-0.1, -0.05) is 6.92 Å². The van der Waals surface area contributed by atoms with Crippen molar-refractivity contribution >= 4 is 26.7 Å². The number of aryl methyl sites for hydroxylation is 2. The van der Waals surface area contributed by atoms with Gasteiger partial charge in [0.25, 0.3) is 0 Å². The van der Waals surface area contributed by atoms with Crippen molar-refractivity contribution in [3.05, 3.63) is 68.1 Å². The van der Waals surface area contributed by atoms with Crippen LogP contribution in [-0.4, -0.2) is 30.7 Å². The number of ether oxygens (including phenoxy) is 1. The fourth-order valence-electron chi connectivity index (χ4n) is 3.99. The van der Waals surface area contributed by atoms with E-state index in [2.05, 4.69) is 6.92 Å². The Bertz CT molecular complexity index is 1400. The summed E-state index contributed by atoms with van der Waals surface area (Å²) in [4.78, 5) is 22.7. The van der Waals surface area contributed by atoms with Crippen molar-refractivity contribution in [2.75, 3.05) is 13.1 Å². The molecule has 33 heavy (non-hydrogen) atoms. The first kappa shape index (κ1) is 22.9. The summed E-state index contributed by atoms with van der Waals surface area (Å²) in [6.45, 7) is 6.31. The number of nitrogens with zero attached hydrogens (tertiary/aromatic N) is 2. The molecule has 0 atom stereocenters. The van der Waals surface area contributed by atoms with Gasteiger partial charge in [-0.15, -0.1) is 0 Å². The zero-order valence-electron chi connectivity index (χ0n) is 18.5. The smallest absolute Gasteiger partial charge is 0.336 e. The van der Waals surface area contributed by atoms with Crippen molar-refractivity contribution in [2.24, 2.45) is 5.92 Å². The van der Waals surface area contributed by atoms with Gasteiger partial charge in [-0.05, 0) is 62.4 Å². The van der Waals surface area contributed by atoms with Crippen LogP contribution in [-0.2, 0) is 10.0 Å². The van der Waals surface area contributed by atoms with E-state index in [1.165, 1.54) is 22.5 Å².